The number of rotatable bonds is 5. The molecule has 1 N–H and O–H groups in total. The third-order valence-electron chi connectivity index (χ3n) is 2.40. The van der Waals surface area contributed by atoms with Gasteiger partial charge in [0.05, 0.1) is 6.04 Å². The van der Waals surface area contributed by atoms with Crippen molar-refractivity contribution in [2.75, 3.05) is 12.8 Å². The van der Waals surface area contributed by atoms with Gasteiger partial charge in [0.1, 0.15) is 0 Å². The van der Waals surface area contributed by atoms with Gasteiger partial charge in [-0.25, -0.2) is 0 Å². The molecule has 0 aliphatic rings. The molecule has 0 aromatic heterocycles. The Morgan fingerprint density at radius 1 is 1.38 bits per heavy atom. The molecule has 0 aliphatic carbocycles. The van der Waals surface area contributed by atoms with Gasteiger partial charge >= 0.3 is 0 Å². The molecule has 1 rings (SSSR count). The van der Waals surface area contributed by atoms with Gasteiger partial charge in [-0.2, -0.15) is 0 Å². The summed E-state index contributed by atoms with van der Waals surface area (Å²) in [5, 5.41) is 3.52. The summed E-state index contributed by atoms with van der Waals surface area (Å²) in [4.78, 5) is 1.35. The topological polar surface area (TPSA) is 12.0 Å². The van der Waals surface area contributed by atoms with Crippen molar-refractivity contribution in [3.63, 3.8) is 0 Å². The van der Waals surface area contributed by atoms with E-state index in [0.717, 1.165) is 6.54 Å². The summed E-state index contributed by atoms with van der Waals surface area (Å²) < 4.78 is 0. The minimum atomic E-state index is 0.332. The Kier molecular flexibility index (Phi) is 5.64. The highest BCUT2D eigenvalue weighted by Gasteiger charge is 2.10. The predicted molar refractivity (Wildman–Crippen MR) is 74.1 cm³/mol. The summed E-state index contributed by atoms with van der Waals surface area (Å²) >= 11 is 1.81. The lowest BCUT2D eigenvalue weighted by molar-refractivity contribution is 0.636. The number of benzene rings is 1. The molecule has 88 valence electrons. The standard InChI is InChI=1S/C14H21NS/c1-5-15-13(10-11(2)3)12-8-6-7-9-14(12)16-4/h6-10,13,15H,5H2,1-4H3. The van der Waals surface area contributed by atoms with E-state index < -0.39 is 0 Å². The van der Waals surface area contributed by atoms with Gasteiger partial charge in [-0.3, -0.25) is 0 Å². The van der Waals surface area contributed by atoms with Crippen molar-refractivity contribution >= 4 is 11.8 Å². The van der Waals surface area contributed by atoms with E-state index in [2.05, 4.69) is 62.7 Å². The molecule has 16 heavy (non-hydrogen) atoms. The van der Waals surface area contributed by atoms with E-state index >= 15 is 0 Å². The maximum absolute atomic E-state index is 3.52. The number of hydrogen-bond acceptors (Lipinski definition) is 2. The quantitative estimate of drug-likeness (QED) is 0.611. The van der Waals surface area contributed by atoms with Crippen LogP contribution in [0.25, 0.3) is 0 Å². The molecule has 0 saturated heterocycles. The molecule has 1 unspecified atom stereocenters. The highest BCUT2D eigenvalue weighted by atomic mass is 32.2. The van der Waals surface area contributed by atoms with Crippen LogP contribution < -0.4 is 5.32 Å². The van der Waals surface area contributed by atoms with Crippen LogP contribution in [0.3, 0.4) is 0 Å². The van der Waals surface area contributed by atoms with Crippen molar-refractivity contribution in [2.24, 2.45) is 0 Å². The average molecular weight is 235 g/mol. The first-order chi connectivity index (χ1) is 7.69. The highest BCUT2D eigenvalue weighted by Crippen LogP contribution is 2.27. The molecular formula is C14H21NS. The molecule has 2 heteroatoms. The Hall–Kier alpha value is -0.730. The molecule has 0 spiro atoms. The Morgan fingerprint density at radius 3 is 2.62 bits per heavy atom. The lowest BCUT2D eigenvalue weighted by Crippen LogP contribution is -2.19. The summed E-state index contributed by atoms with van der Waals surface area (Å²) in [6, 6.07) is 8.93. The molecule has 0 radical (unpaired) electrons. The van der Waals surface area contributed by atoms with Gasteiger partial charge < -0.3 is 5.32 Å². The second-order valence-electron chi connectivity index (χ2n) is 4.02. The van der Waals surface area contributed by atoms with Crippen molar-refractivity contribution in [1.29, 1.82) is 0 Å². The third kappa shape index (κ3) is 3.69. The summed E-state index contributed by atoms with van der Waals surface area (Å²) in [6.07, 6.45) is 4.42. The number of likely N-dealkylation sites (N-methyl/N-ethyl adjacent to an activating group) is 1. The molecule has 1 nitrogen and oxygen atoms in total. The first kappa shape index (κ1) is 13.3. The summed E-state index contributed by atoms with van der Waals surface area (Å²) in [7, 11) is 0. The highest BCUT2D eigenvalue weighted by molar-refractivity contribution is 7.98. The fourth-order valence-electron chi connectivity index (χ4n) is 1.74. The van der Waals surface area contributed by atoms with Crippen molar-refractivity contribution in [3.05, 3.63) is 41.5 Å². The van der Waals surface area contributed by atoms with E-state index in [1.165, 1.54) is 16.0 Å². The molecule has 0 bridgehead atoms. The van der Waals surface area contributed by atoms with Gasteiger partial charge in [0.2, 0.25) is 0 Å². The van der Waals surface area contributed by atoms with Gasteiger partial charge in [-0.05, 0) is 38.3 Å². The molecule has 0 heterocycles. The monoisotopic (exact) mass is 235 g/mol. The van der Waals surface area contributed by atoms with E-state index in [0.29, 0.717) is 6.04 Å². The lowest BCUT2D eigenvalue weighted by Gasteiger charge is -2.18. The van der Waals surface area contributed by atoms with Gasteiger partial charge in [0, 0.05) is 4.90 Å². The van der Waals surface area contributed by atoms with Crippen molar-refractivity contribution in [1.82, 2.24) is 5.32 Å². The van der Waals surface area contributed by atoms with Crippen LogP contribution in [0.2, 0.25) is 0 Å². The third-order valence-corrected chi connectivity index (χ3v) is 3.21. The summed E-state index contributed by atoms with van der Waals surface area (Å²) in [5.41, 5.74) is 2.72. The molecule has 0 saturated carbocycles. The first-order valence-corrected chi connectivity index (χ1v) is 6.92. The normalized spacial score (nSPS) is 12.2. The van der Waals surface area contributed by atoms with Crippen LogP contribution in [0.5, 0.6) is 0 Å². The van der Waals surface area contributed by atoms with Crippen molar-refractivity contribution in [2.45, 2.75) is 31.7 Å². The Balaban J connectivity index is 3.04. The van der Waals surface area contributed by atoms with E-state index in [4.69, 9.17) is 0 Å². The van der Waals surface area contributed by atoms with Crippen LogP contribution in [0.1, 0.15) is 32.4 Å². The van der Waals surface area contributed by atoms with Crippen LogP contribution in [-0.4, -0.2) is 12.8 Å². The predicted octanol–water partition coefficient (Wildman–Crippen LogP) is 4.03. The first-order valence-electron chi connectivity index (χ1n) is 5.70. The fourth-order valence-corrected chi connectivity index (χ4v) is 2.38. The smallest absolute Gasteiger partial charge is 0.0519 e. The van der Waals surface area contributed by atoms with Gasteiger partial charge in [-0.15, -0.1) is 11.8 Å². The molecule has 0 aliphatic heterocycles. The van der Waals surface area contributed by atoms with Crippen molar-refractivity contribution < 1.29 is 0 Å². The zero-order chi connectivity index (χ0) is 12.0. The summed E-state index contributed by atoms with van der Waals surface area (Å²) in [6.45, 7) is 7.42. The number of allylic oxidation sites excluding steroid dienone is 1. The van der Waals surface area contributed by atoms with Gasteiger partial charge in [0.15, 0.2) is 0 Å². The van der Waals surface area contributed by atoms with Gasteiger partial charge in [-0.1, -0.05) is 36.8 Å². The largest absolute Gasteiger partial charge is 0.307 e. The number of hydrogen-bond donors (Lipinski definition) is 1. The average Bonchev–Trinajstić information content (AvgIpc) is 2.28. The van der Waals surface area contributed by atoms with E-state index in [1.54, 1.807) is 0 Å². The number of thioether (sulfide) groups is 1. The summed E-state index contributed by atoms with van der Waals surface area (Å²) in [5.74, 6) is 0. The molecular weight excluding hydrogens is 214 g/mol. The second-order valence-corrected chi connectivity index (χ2v) is 4.87. The van der Waals surface area contributed by atoms with E-state index in [-0.39, 0.29) is 0 Å². The zero-order valence-corrected chi connectivity index (χ0v) is 11.4. The molecule has 1 aromatic rings. The Labute approximate surface area is 103 Å². The Bertz CT molecular complexity index is 354. The van der Waals surface area contributed by atoms with E-state index in [9.17, 15) is 0 Å². The van der Waals surface area contributed by atoms with Gasteiger partial charge in [0.25, 0.3) is 0 Å². The van der Waals surface area contributed by atoms with Crippen LogP contribution >= 0.6 is 11.8 Å². The minimum absolute atomic E-state index is 0.332. The van der Waals surface area contributed by atoms with Crippen LogP contribution in [0.4, 0.5) is 0 Å². The molecule has 0 amide bonds. The van der Waals surface area contributed by atoms with E-state index in [1.807, 2.05) is 11.8 Å². The lowest BCUT2D eigenvalue weighted by atomic mass is 10.0. The maximum atomic E-state index is 3.52. The Morgan fingerprint density at radius 2 is 2.06 bits per heavy atom. The fraction of sp³-hybridized carbons (Fsp3) is 0.429. The van der Waals surface area contributed by atoms with Crippen LogP contribution in [-0.2, 0) is 0 Å². The molecule has 1 aromatic carbocycles. The second kappa shape index (κ2) is 6.77. The SMILES string of the molecule is CCNC(C=C(C)C)c1ccccc1SC. The van der Waals surface area contributed by atoms with Crippen molar-refractivity contribution in [3.8, 4) is 0 Å². The number of nitrogens with one attached hydrogen (secondary N) is 1. The van der Waals surface area contributed by atoms with Crippen LogP contribution in [0.15, 0.2) is 40.8 Å². The van der Waals surface area contributed by atoms with Crippen LogP contribution in [0, 0.1) is 0 Å². The minimum Gasteiger partial charge on any atom is -0.307 e. The molecule has 1 atom stereocenters. The maximum Gasteiger partial charge on any atom is 0.0519 e. The molecule has 0 fully saturated rings. The zero-order valence-electron chi connectivity index (χ0n) is 10.6.